The molecule has 1 aromatic rings. The van der Waals surface area contributed by atoms with Gasteiger partial charge in [0.15, 0.2) is 0 Å². The summed E-state index contributed by atoms with van der Waals surface area (Å²) in [6.07, 6.45) is 2.98. The molecule has 1 N–H and O–H groups in total. The van der Waals surface area contributed by atoms with Crippen molar-refractivity contribution in [3.05, 3.63) is 18.3 Å². The lowest BCUT2D eigenvalue weighted by atomic mass is 10.3. The third-order valence-corrected chi connectivity index (χ3v) is 2.24. The lowest BCUT2D eigenvalue weighted by Crippen LogP contribution is -2.19. The van der Waals surface area contributed by atoms with E-state index in [0.29, 0.717) is 5.88 Å². The van der Waals surface area contributed by atoms with Crippen molar-refractivity contribution in [3.63, 3.8) is 0 Å². The summed E-state index contributed by atoms with van der Waals surface area (Å²) in [7, 11) is 1.64. The first-order valence-electron chi connectivity index (χ1n) is 4.76. The molecule has 0 unspecified atom stereocenters. The molecule has 2 heterocycles. The predicted molar refractivity (Wildman–Crippen MR) is 52.7 cm³/mol. The van der Waals surface area contributed by atoms with E-state index in [0.717, 1.165) is 25.3 Å². The molecule has 0 aromatic carbocycles. The molecule has 0 spiro atoms. The van der Waals surface area contributed by atoms with Gasteiger partial charge >= 0.3 is 0 Å². The molecular formula is C10H14N2O2. The molecule has 76 valence electrons. The molecule has 1 fully saturated rings. The van der Waals surface area contributed by atoms with E-state index in [1.807, 2.05) is 0 Å². The van der Waals surface area contributed by atoms with Crippen molar-refractivity contribution >= 4 is 0 Å². The maximum absolute atomic E-state index is 5.66. The van der Waals surface area contributed by atoms with Crippen molar-refractivity contribution in [1.29, 1.82) is 0 Å². The van der Waals surface area contributed by atoms with Crippen LogP contribution >= 0.6 is 0 Å². The summed E-state index contributed by atoms with van der Waals surface area (Å²) in [4.78, 5) is 4.12. The zero-order valence-corrected chi connectivity index (χ0v) is 8.19. The largest absolute Gasteiger partial charge is 0.497 e. The lowest BCUT2D eigenvalue weighted by molar-refractivity contribution is 0.213. The van der Waals surface area contributed by atoms with Crippen molar-refractivity contribution in [2.45, 2.75) is 12.5 Å². The first kappa shape index (κ1) is 9.27. The van der Waals surface area contributed by atoms with Gasteiger partial charge in [-0.05, 0) is 19.0 Å². The Bertz CT molecular complexity index is 298. The van der Waals surface area contributed by atoms with E-state index in [1.54, 1.807) is 25.4 Å². The Morgan fingerprint density at radius 1 is 1.57 bits per heavy atom. The van der Waals surface area contributed by atoms with E-state index in [9.17, 15) is 0 Å². The maximum Gasteiger partial charge on any atom is 0.217 e. The van der Waals surface area contributed by atoms with Crippen LogP contribution in [0.15, 0.2) is 18.3 Å². The van der Waals surface area contributed by atoms with Gasteiger partial charge in [0.25, 0.3) is 0 Å². The Labute approximate surface area is 83.2 Å². The van der Waals surface area contributed by atoms with Crippen LogP contribution in [0.4, 0.5) is 0 Å². The van der Waals surface area contributed by atoms with Crippen LogP contribution in [-0.2, 0) is 0 Å². The van der Waals surface area contributed by atoms with E-state index in [2.05, 4.69) is 10.3 Å². The van der Waals surface area contributed by atoms with Gasteiger partial charge in [0.05, 0.1) is 7.11 Å². The molecule has 1 aliphatic heterocycles. The van der Waals surface area contributed by atoms with E-state index < -0.39 is 0 Å². The lowest BCUT2D eigenvalue weighted by Gasteiger charge is -2.11. The van der Waals surface area contributed by atoms with Crippen molar-refractivity contribution in [1.82, 2.24) is 10.3 Å². The summed E-state index contributed by atoms with van der Waals surface area (Å²) < 4.78 is 10.7. The fourth-order valence-electron chi connectivity index (χ4n) is 1.48. The zero-order valence-electron chi connectivity index (χ0n) is 8.19. The molecule has 0 radical (unpaired) electrons. The van der Waals surface area contributed by atoms with Crippen molar-refractivity contribution < 1.29 is 9.47 Å². The summed E-state index contributed by atoms with van der Waals surface area (Å²) in [6.45, 7) is 1.92. The highest BCUT2D eigenvalue weighted by Crippen LogP contribution is 2.18. The van der Waals surface area contributed by atoms with Gasteiger partial charge in [-0.2, -0.15) is 0 Å². The summed E-state index contributed by atoms with van der Waals surface area (Å²) in [5.41, 5.74) is 0. The van der Waals surface area contributed by atoms with Crippen LogP contribution in [0, 0.1) is 0 Å². The first-order chi connectivity index (χ1) is 6.88. The number of rotatable bonds is 3. The first-order valence-corrected chi connectivity index (χ1v) is 4.76. The topological polar surface area (TPSA) is 43.4 Å². The second-order valence-corrected chi connectivity index (χ2v) is 3.27. The SMILES string of the molecule is COc1ccnc(O[C@@H]2CCNC2)c1. The van der Waals surface area contributed by atoms with Crippen LogP contribution in [0.5, 0.6) is 11.6 Å². The average Bonchev–Trinajstić information content (AvgIpc) is 2.71. The van der Waals surface area contributed by atoms with Gasteiger partial charge in [0.2, 0.25) is 5.88 Å². The van der Waals surface area contributed by atoms with Crippen molar-refractivity contribution in [2.24, 2.45) is 0 Å². The van der Waals surface area contributed by atoms with Gasteiger partial charge in [-0.25, -0.2) is 4.98 Å². The van der Waals surface area contributed by atoms with E-state index in [4.69, 9.17) is 9.47 Å². The normalized spacial score (nSPS) is 20.8. The fraction of sp³-hybridized carbons (Fsp3) is 0.500. The van der Waals surface area contributed by atoms with Crippen LogP contribution in [0.3, 0.4) is 0 Å². The smallest absolute Gasteiger partial charge is 0.217 e. The summed E-state index contributed by atoms with van der Waals surface area (Å²) >= 11 is 0. The molecule has 2 rings (SSSR count). The molecule has 1 aromatic heterocycles. The summed E-state index contributed by atoms with van der Waals surface area (Å²) in [5, 5.41) is 3.24. The Hall–Kier alpha value is -1.29. The molecule has 0 bridgehead atoms. The molecule has 1 aliphatic rings. The van der Waals surface area contributed by atoms with Crippen LogP contribution in [0.25, 0.3) is 0 Å². The van der Waals surface area contributed by atoms with Gasteiger partial charge in [0, 0.05) is 18.8 Å². The number of aromatic nitrogens is 1. The van der Waals surface area contributed by atoms with Gasteiger partial charge < -0.3 is 14.8 Å². The van der Waals surface area contributed by atoms with E-state index in [1.165, 1.54) is 0 Å². The predicted octanol–water partition coefficient (Wildman–Crippen LogP) is 0.831. The molecule has 1 atom stereocenters. The molecule has 1 saturated heterocycles. The molecular weight excluding hydrogens is 180 g/mol. The second-order valence-electron chi connectivity index (χ2n) is 3.27. The Kier molecular flexibility index (Phi) is 2.84. The molecule has 4 nitrogen and oxygen atoms in total. The summed E-state index contributed by atoms with van der Waals surface area (Å²) in [6, 6.07) is 3.61. The van der Waals surface area contributed by atoms with Crippen LogP contribution in [-0.4, -0.2) is 31.3 Å². The number of ether oxygens (including phenoxy) is 2. The van der Waals surface area contributed by atoms with Crippen LogP contribution in [0.1, 0.15) is 6.42 Å². The molecule has 4 heteroatoms. The van der Waals surface area contributed by atoms with Crippen LogP contribution < -0.4 is 14.8 Å². The number of pyridine rings is 1. The third-order valence-electron chi connectivity index (χ3n) is 2.24. The zero-order chi connectivity index (χ0) is 9.80. The number of nitrogens with one attached hydrogen (secondary N) is 1. The van der Waals surface area contributed by atoms with Crippen molar-refractivity contribution in [2.75, 3.05) is 20.2 Å². The summed E-state index contributed by atoms with van der Waals surface area (Å²) in [5.74, 6) is 1.42. The Balaban J connectivity index is 2.00. The van der Waals surface area contributed by atoms with Gasteiger partial charge in [-0.15, -0.1) is 0 Å². The minimum absolute atomic E-state index is 0.245. The molecule has 0 aliphatic carbocycles. The maximum atomic E-state index is 5.66. The minimum atomic E-state index is 0.245. The Morgan fingerprint density at radius 3 is 3.21 bits per heavy atom. The average molecular weight is 194 g/mol. The molecule has 0 amide bonds. The highest BCUT2D eigenvalue weighted by Gasteiger charge is 2.16. The van der Waals surface area contributed by atoms with Gasteiger partial charge in [-0.3, -0.25) is 0 Å². The Morgan fingerprint density at radius 2 is 2.50 bits per heavy atom. The number of nitrogens with zero attached hydrogens (tertiary/aromatic N) is 1. The van der Waals surface area contributed by atoms with Crippen molar-refractivity contribution in [3.8, 4) is 11.6 Å². The number of methoxy groups -OCH3 is 1. The minimum Gasteiger partial charge on any atom is -0.497 e. The van der Waals surface area contributed by atoms with E-state index >= 15 is 0 Å². The van der Waals surface area contributed by atoms with Gasteiger partial charge in [-0.1, -0.05) is 0 Å². The van der Waals surface area contributed by atoms with Gasteiger partial charge in [0.1, 0.15) is 11.9 Å². The standard InChI is InChI=1S/C10H14N2O2/c1-13-8-3-5-12-10(6-8)14-9-2-4-11-7-9/h3,5-6,9,11H,2,4,7H2,1H3/t9-/m1/s1. The monoisotopic (exact) mass is 194 g/mol. The molecule has 14 heavy (non-hydrogen) atoms. The van der Waals surface area contributed by atoms with E-state index in [-0.39, 0.29) is 6.10 Å². The fourth-order valence-corrected chi connectivity index (χ4v) is 1.48. The number of hydrogen-bond acceptors (Lipinski definition) is 4. The molecule has 0 saturated carbocycles. The highest BCUT2D eigenvalue weighted by atomic mass is 16.5. The highest BCUT2D eigenvalue weighted by molar-refractivity contribution is 5.26. The quantitative estimate of drug-likeness (QED) is 0.774. The third kappa shape index (κ3) is 2.14. The number of hydrogen-bond donors (Lipinski definition) is 1. The van der Waals surface area contributed by atoms with Crippen LogP contribution in [0.2, 0.25) is 0 Å². The second kappa shape index (κ2) is 4.28.